The molecule has 1 radical (unpaired) electrons. The molecular formula is C4H6NO3. The van der Waals surface area contributed by atoms with Gasteiger partial charge in [-0.15, -0.1) is 0 Å². The van der Waals surface area contributed by atoms with Crippen molar-refractivity contribution in [2.45, 2.75) is 0 Å². The number of nitrogens with zero attached hydrogens (tertiary/aromatic N) is 1. The van der Waals surface area contributed by atoms with Gasteiger partial charge in [0.15, 0.2) is 0 Å². The summed E-state index contributed by atoms with van der Waals surface area (Å²) in [5, 5.41) is 3.10. The maximum Gasteiger partial charge on any atom is 0.312 e. The van der Waals surface area contributed by atoms with Gasteiger partial charge in [0.05, 0.1) is 6.92 Å². The summed E-state index contributed by atoms with van der Waals surface area (Å²) in [6.45, 7) is 2.90. The second-order valence-corrected chi connectivity index (χ2v) is 0.883. The molecule has 8 heavy (non-hydrogen) atoms. The topological polar surface area (TPSA) is 47.9 Å². The summed E-state index contributed by atoms with van der Waals surface area (Å²) < 4.78 is 4.12. The maximum atomic E-state index is 9.84. The van der Waals surface area contributed by atoms with Gasteiger partial charge in [-0.2, -0.15) is 0 Å². The lowest BCUT2D eigenvalue weighted by atomic mass is 10.8. The Morgan fingerprint density at radius 2 is 2.50 bits per heavy atom. The molecule has 0 aliphatic rings. The van der Waals surface area contributed by atoms with E-state index in [0.717, 1.165) is 6.40 Å². The van der Waals surface area contributed by atoms with E-state index < -0.39 is 5.97 Å². The van der Waals surface area contributed by atoms with Crippen LogP contribution in [0.5, 0.6) is 0 Å². The van der Waals surface area contributed by atoms with E-state index in [4.69, 9.17) is 0 Å². The molecule has 0 aromatic rings. The Morgan fingerprint density at radius 1 is 1.88 bits per heavy atom. The van der Waals surface area contributed by atoms with Crippen molar-refractivity contribution < 1.29 is 14.4 Å². The molecule has 0 rings (SSSR count). The highest BCUT2D eigenvalue weighted by atomic mass is 16.6. The molecule has 0 atom stereocenters. The minimum Gasteiger partial charge on any atom is -0.411 e. The number of esters is 1. The van der Waals surface area contributed by atoms with Crippen molar-refractivity contribution in [2.75, 3.05) is 7.11 Å². The second kappa shape index (κ2) is 4.11. The third kappa shape index (κ3) is 4.94. The van der Waals surface area contributed by atoms with E-state index >= 15 is 0 Å². The number of ether oxygens (including phenoxy) is 1. The van der Waals surface area contributed by atoms with Crippen LogP contribution in [0.3, 0.4) is 0 Å². The number of carbonyl (C=O) groups is 1. The molecule has 4 nitrogen and oxygen atoms in total. The molecular weight excluding hydrogens is 110 g/mol. The van der Waals surface area contributed by atoms with Gasteiger partial charge in [0, 0.05) is 0 Å². The predicted molar refractivity (Wildman–Crippen MR) is 26.9 cm³/mol. The van der Waals surface area contributed by atoms with Crippen LogP contribution in [0, 0.1) is 6.92 Å². The molecule has 0 unspecified atom stereocenters. The van der Waals surface area contributed by atoms with E-state index in [0.29, 0.717) is 0 Å². The number of hydrogen-bond donors (Lipinski definition) is 0. The normalized spacial score (nSPS) is 9.25. The molecule has 0 N–H and O–H groups in total. The molecule has 0 spiro atoms. The van der Waals surface area contributed by atoms with Crippen molar-refractivity contribution in [3.63, 3.8) is 0 Å². The molecule has 0 aromatic heterocycles. The summed E-state index contributed by atoms with van der Waals surface area (Å²) >= 11 is 0. The highest BCUT2D eigenvalue weighted by molar-refractivity contribution is 5.80. The molecule has 45 valence electrons. The van der Waals surface area contributed by atoms with Gasteiger partial charge in [0.2, 0.25) is 6.40 Å². The first kappa shape index (κ1) is 6.94. The zero-order valence-electron chi connectivity index (χ0n) is 4.46. The van der Waals surface area contributed by atoms with Crippen molar-refractivity contribution in [3.05, 3.63) is 6.92 Å². The van der Waals surface area contributed by atoms with Crippen LogP contribution in [-0.4, -0.2) is 19.5 Å². The van der Waals surface area contributed by atoms with Crippen molar-refractivity contribution in [2.24, 2.45) is 5.16 Å². The van der Waals surface area contributed by atoms with Gasteiger partial charge in [0.1, 0.15) is 7.11 Å². The van der Waals surface area contributed by atoms with Crippen LogP contribution in [0.25, 0.3) is 0 Å². The van der Waals surface area contributed by atoms with Crippen LogP contribution in [0.15, 0.2) is 5.16 Å². The van der Waals surface area contributed by atoms with Gasteiger partial charge >= 0.3 is 5.97 Å². The van der Waals surface area contributed by atoms with Crippen molar-refractivity contribution >= 4 is 12.4 Å². The van der Waals surface area contributed by atoms with Crippen LogP contribution in [-0.2, 0) is 14.4 Å². The quantitative estimate of drug-likeness (QED) is 0.220. The van der Waals surface area contributed by atoms with E-state index in [1.54, 1.807) is 0 Å². The maximum absolute atomic E-state index is 9.84. The Kier molecular flexibility index (Phi) is 3.56. The lowest BCUT2D eigenvalue weighted by molar-refractivity contribution is -0.130. The zero-order valence-corrected chi connectivity index (χ0v) is 4.46. The minimum atomic E-state index is -0.661. The Labute approximate surface area is 47.1 Å². The molecule has 0 amide bonds. The summed E-state index contributed by atoms with van der Waals surface area (Å²) in [6.07, 6.45) is 0.870. The third-order valence-corrected chi connectivity index (χ3v) is 0.333. The van der Waals surface area contributed by atoms with Gasteiger partial charge in [-0.25, -0.2) is 0 Å². The summed E-state index contributed by atoms with van der Waals surface area (Å²) in [5.74, 6) is -0.661. The van der Waals surface area contributed by atoms with Crippen LogP contribution in [0.2, 0.25) is 0 Å². The second-order valence-electron chi connectivity index (χ2n) is 0.883. The SMILES string of the molecule is [CH2]C(=O)O/C=N/OC. The van der Waals surface area contributed by atoms with E-state index in [1.165, 1.54) is 7.11 Å². The van der Waals surface area contributed by atoms with Crippen LogP contribution in [0.1, 0.15) is 0 Å². The minimum absolute atomic E-state index is 0.661. The van der Waals surface area contributed by atoms with Crippen molar-refractivity contribution in [1.29, 1.82) is 0 Å². The van der Waals surface area contributed by atoms with E-state index in [-0.39, 0.29) is 0 Å². The molecule has 0 heterocycles. The molecule has 0 aromatic carbocycles. The highest BCUT2D eigenvalue weighted by Gasteiger charge is 1.83. The van der Waals surface area contributed by atoms with E-state index in [1.807, 2.05) is 0 Å². The highest BCUT2D eigenvalue weighted by Crippen LogP contribution is 1.69. The van der Waals surface area contributed by atoms with Gasteiger partial charge in [-0.1, -0.05) is 5.16 Å². The fourth-order valence-corrected chi connectivity index (χ4v) is 0.123. The number of carbonyl (C=O) groups excluding carboxylic acids is 1. The average molecular weight is 116 g/mol. The Hall–Kier alpha value is -1.06. The number of hydrogen-bond acceptors (Lipinski definition) is 4. The first-order valence-corrected chi connectivity index (χ1v) is 1.85. The standard InChI is InChI=1S/C4H6NO3/c1-4(6)8-3-5-7-2/h3H,1H2,2H3/b5-3+. The molecule has 0 bridgehead atoms. The van der Waals surface area contributed by atoms with Crippen molar-refractivity contribution in [3.8, 4) is 0 Å². The van der Waals surface area contributed by atoms with Crippen LogP contribution < -0.4 is 0 Å². The fraction of sp³-hybridized carbons (Fsp3) is 0.250. The summed E-state index contributed by atoms with van der Waals surface area (Å²) in [5.41, 5.74) is 0. The summed E-state index contributed by atoms with van der Waals surface area (Å²) in [4.78, 5) is 14.0. The fourth-order valence-electron chi connectivity index (χ4n) is 0.123. The number of oxime groups is 1. The predicted octanol–water partition coefficient (Wildman–Crippen LogP) is -0.0466. The largest absolute Gasteiger partial charge is 0.411 e. The van der Waals surface area contributed by atoms with Gasteiger partial charge in [-0.3, -0.25) is 4.79 Å². The molecule has 0 aliphatic heterocycles. The van der Waals surface area contributed by atoms with E-state index in [2.05, 4.69) is 21.7 Å². The van der Waals surface area contributed by atoms with E-state index in [9.17, 15) is 4.79 Å². The molecule has 0 saturated heterocycles. The Balaban J connectivity index is 3.16. The first-order chi connectivity index (χ1) is 3.77. The van der Waals surface area contributed by atoms with Crippen molar-refractivity contribution in [1.82, 2.24) is 0 Å². The van der Waals surface area contributed by atoms with Crippen LogP contribution >= 0.6 is 0 Å². The monoisotopic (exact) mass is 116 g/mol. The molecule has 4 heteroatoms. The van der Waals surface area contributed by atoms with Gasteiger partial charge in [-0.05, 0) is 0 Å². The molecule has 0 aliphatic carbocycles. The van der Waals surface area contributed by atoms with Gasteiger partial charge < -0.3 is 9.57 Å². The first-order valence-electron chi connectivity index (χ1n) is 1.85. The summed E-state index contributed by atoms with van der Waals surface area (Å²) in [6, 6.07) is 0. The lowest BCUT2D eigenvalue weighted by Crippen LogP contribution is -1.95. The summed E-state index contributed by atoms with van der Waals surface area (Å²) in [7, 11) is 1.34. The lowest BCUT2D eigenvalue weighted by Gasteiger charge is -1.86. The van der Waals surface area contributed by atoms with Crippen LogP contribution in [0.4, 0.5) is 0 Å². The Morgan fingerprint density at radius 3 is 2.88 bits per heavy atom. The van der Waals surface area contributed by atoms with Gasteiger partial charge in [0.25, 0.3) is 0 Å². The Bertz CT molecular complexity index is 99.5. The average Bonchev–Trinajstić information content (AvgIpc) is 1.66. The molecule has 0 saturated carbocycles. The molecule has 0 fully saturated rings. The zero-order chi connectivity index (χ0) is 6.41. The third-order valence-electron chi connectivity index (χ3n) is 0.333. The smallest absolute Gasteiger partial charge is 0.312 e. The number of rotatable bonds is 2.